The van der Waals surface area contributed by atoms with Gasteiger partial charge < -0.3 is 4.90 Å². The fourth-order valence-electron chi connectivity index (χ4n) is 3.03. The Morgan fingerprint density at radius 3 is 2.71 bits per heavy atom. The van der Waals surface area contributed by atoms with Gasteiger partial charge in [0.05, 0.1) is 17.3 Å². The number of likely N-dealkylation sites (tertiary alicyclic amines) is 1. The van der Waals surface area contributed by atoms with E-state index in [1.165, 1.54) is 10.9 Å². The lowest BCUT2D eigenvalue weighted by Crippen LogP contribution is -2.46. The molecule has 1 aromatic rings. The number of aromatic nitrogens is 2. The number of nitrogens with zero attached hydrogens (tertiary/aromatic N) is 3. The van der Waals surface area contributed by atoms with Gasteiger partial charge in [0.15, 0.2) is 9.84 Å². The number of carbonyl (C=O) groups is 1. The highest BCUT2D eigenvalue weighted by Crippen LogP contribution is 2.32. The van der Waals surface area contributed by atoms with E-state index in [1.54, 1.807) is 18.7 Å². The Morgan fingerprint density at radius 1 is 1.43 bits per heavy atom. The molecule has 0 spiro atoms. The number of hydrogen-bond acceptors (Lipinski definition) is 5. The molecular formula is C13H17N3O4S. The Hall–Kier alpha value is -1.70. The minimum atomic E-state index is -3.02. The fourth-order valence-corrected chi connectivity index (χ4v) is 5.05. The molecule has 7 nitrogen and oxygen atoms in total. The molecule has 1 amide bonds. The first kappa shape index (κ1) is 14.2. The zero-order valence-corrected chi connectivity index (χ0v) is 12.8. The second-order valence-corrected chi connectivity index (χ2v) is 8.10. The van der Waals surface area contributed by atoms with Gasteiger partial charge in [-0.2, -0.15) is 0 Å². The molecule has 2 atom stereocenters. The maximum Gasteiger partial charge on any atom is 0.256 e. The van der Waals surface area contributed by atoms with Crippen molar-refractivity contribution in [1.82, 2.24) is 14.5 Å². The average Bonchev–Trinajstić information content (AvgIpc) is 2.95. The summed E-state index contributed by atoms with van der Waals surface area (Å²) >= 11 is 0. The Balaban J connectivity index is 1.78. The van der Waals surface area contributed by atoms with Gasteiger partial charge in [0.2, 0.25) is 5.91 Å². The number of hydrogen-bond donors (Lipinski definition) is 0. The van der Waals surface area contributed by atoms with E-state index in [2.05, 4.69) is 4.98 Å². The molecule has 2 fully saturated rings. The molecule has 0 radical (unpaired) electrons. The number of sulfone groups is 1. The van der Waals surface area contributed by atoms with Crippen molar-refractivity contribution in [3.8, 4) is 0 Å². The standard InChI is InChI=1S/C13H17N3O4S/c1-8-9(2)14-7-15(13(8)18)5-12(17)16-4-11-3-10(16)6-21(11,19)20/h7,10-11H,3-6H2,1-2H3. The van der Waals surface area contributed by atoms with Crippen LogP contribution >= 0.6 is 0 Å². The Labute approximate surface area is 122 Å². The van der Waals surface area contributed by atoms with E-state index in [0.717, 1.165) is 0 Å². The zero-order valence-electron chi connectivity index (χ0n) is 11.9. The molecule has 2 aliphatic rings. The predicted molar refractivity (Wildman–Crippen MR) is 75.7 cm³/mol. The van der Waals surface area contributed by atoms with Gasteiger partial charge in [0.25, 0.3) is 5.56 Å². The van der Waals surface area contributed by atoms with Gasteiger partial charge in [0.1, 0.15) is 6.54 Å². The molecule has 0 N–H and O–H groups in total. The maximum absolute atomic E-state index is 12.3. The van der Waals surface area contributed by atoms with Crippen LogP contribution in [0.1, 0.15) is 17.7 Å². The third kappa shape index (κ3) is 2.27. The van der Waals surface area contributed by atoms with Crippen molar-refractivity contribution in [3.05, 3.63) is 27.9 Å². The number of aryl methyl sites for hydroxylation is 1. The van der Waals surface area contributed by atoms with Gasteiger partial charge in [-0.3, -0.25) is 14.2 Å². The molecule has 0 aliphatic carbocycles. The highest BCUT2D eigenvalue weighted by Gasteiger charge is 2.49. The van der Waals surface area contributed by atoms with Crippen molar-refractivity contribution in [2.75, 3.05) is 12.3 Å². The molecule has 3 rings (SSSR count). The van der Waals surface area contributed by atoms with Crippen molar-refractivity contribution in [3.63, 3.8) is 0 Å². The minimum Gasteiger partial charge on any atom is -0.336 e. The molecule has 2 saturated heterocycles. The quantitative estimate of drug-likeness (QED) is 0.717. The number of carbonyl (C=O) groups excluding carboxylic acids is 1. The Morgan fingerprint density at radius 2 is 2.14 bits per heavy atom. The lowest BCUT2D eigenvalue weighted by Gasteiger charge is -2.27. The summed E-state index contributed by atoms with van der Waals surface area (Å²) in [6.45, 7) is 3.58. The summed E-state index contributed by atoms with van der Waals surface area (Å²) in [6, 6.07) is -0.234. The van der Waals surface area contributed by atoms with Crippen LogP contribution in [0.15, 0.2) is 11.1 Å². The smallest absolute Gasteiger partial charge is 0.256 e. The molecule has 21 heavy (non-hydrogen) atoms. The molecule has 1 aromatic heterocycles. The molecule has 114 valence electrons. The second-order valence-electron chi connectivity index (χ2n) is 5.78. The van der Waals surface area contributed by atoms with E-state index in [9.17, 15) is 18.0 Å². The molecular weight excluding hydrogens is 294 g/mol. The Bertz CT molecular complexity index is 768. The fraction of sp³-hybridized carbons (Fsp3) is 0.615. The van der Waals surface area contributed by atoms with E-state index < -0.39 is 15.1 Å². The highest BCUT2D eigenvalue weighted by molar-refractivity contribution is 7.92. The summed E-state index contributed by atoms with van der Waals surface area (Å²) < 4.78 is 24.6. The maximum atomic E-state index is 12.3. The van der Waals surface area contributed by atoms with Crippen molar-refractivity contribution >= 4 is 15.7 Å². The SMILES string of the molecule is Cc1ncn(CC(=O)N2CC3CC2CS3(=O)=O)c(=O)c1C. The monoisotopic (exact) mass is 311 g/mol. The molecule has 0 saturated carbocycles. The second kappa shape index (κ2) is 4.66. The van der Waals surface area contributed by atoms with Crippen LogP contribution < -0.4 is 5.56 Å². The largest absolute Gasteiger partial charge is 0.336 e. The molecule has 0 aromatic carbocycles. The molecule has 2 aliphatic heterocycles. The van der Waals surface area contributed by atoms with E-state index >= 15 is 0 Å². The number of amides is 1. The van der Waals surface area contributed by atoms with Gasteiger partial charge >= 0.3 is 0 Å². The van der Waals surface area contributed by atoms with E-state index in [-0.39, 0.29) is 36.4 Å². The van der Waals surface area contributed by atoms with Crippen LogP contribution in [0.5, 0.6) is 0 Å². The van der Waals surface area contributed by atoms with Crippen LogP contribution in [0.25, 0.3) is 0 Å². The lowest BCUT2D eigenvalue weighted by molar-refractivity contribution is -0.132. The summed E-state index contributed by atoms with van der Waals surface area (Å²) in [7, 11) is -3.02. The van der Waals surface area contributed by atoms with Crippen molar-refractivity contribution in [1.29, 1.82) is 0 Å². The lowest BCUT2D eigenvalue weighted by atomic mass is 10.2. The summed E-state index contributed by atoms with van der Waals surface area (Å²) in [5.74, 6) is -0.173. The van der Waals surface area contributed by atoms with Gasteiger partial charge in [-0.05, 0) is 20.3 Å². The average molecular weight is 311 g/mol. The van der Waals surface area contributed by atoms with Crippen molar-refractivity contribution in [2.45, 2.75) is 38.1 Å². The Kier molecular flexibility index (Phi) is 3.16. The predicted octanol–water partition coefficient (Wildman–Crippen LogP) is -0.742. The third-order valence-corrected chi connectivity index (χ3v) is 6.66. The topological polar surface area (TPSA) is 89.3 Å². The van der Waals surface area contributed by atoms with Crippen LogP contribution in [-0.4, -0.2) is 52.4 Å². The molecule has 2 unspecified atom stereocenters. The summed E-state index contributed by atoms with van der Waals surface area (Å²) in [4.78, 5) is 30.0. The normalized spacial score (nSPS) is 26.3. The van der Waals surface area contributed by atoms with E-state index in [1.807, 2.05) is 0 Å². The highest BCUT2D eigenvalue weighted by atomic mass is 32.2. The van der Waals surface area contributed by atoms with Gasteiger partial charge in [-0.25, -0.2) is 13.4 Å². The minimum absolute atomic E-state index is 0.0451. The first-order valence-corrected chi connectivity index (χ1v) is 8.55. The van der Waals surface area contributed by atoms with Crippen molar-refractivity contribution in [2.24, 2.45) is 0 Å². The van der Waals surface area contributed by atoms with Gasteiger partial charge in [0, 0.05) is 23.8 Å². The van der Waals surface area contributed by atoms with Crippen LogP contribution in [-0.2, 0) is 21.2 Å². The van der Waals surface area contributed by atoms with Crippen LogP contribution in [0.4, 0.5) is 0 Å². The molecule has 3 heterocycles. The molecule has 8 heteroatoms. The zero-order chi connectivity index (χ0) is 15.4. The van der Waals surface area contributed by atoms with Crippen LogP contribution in [0, 0.1) is 13.8 Å². The number of rotatable bonds is 2. The third-order valence-electron chi connectivity index (χ3n) is 4.45. The van der Waals surface area contributed by atoms with Gasteiger partial charge in [-0.15, -0.1) is 0 Å². The summed E-state index contributed by atoms with van der Waals surface area (Å²) in [5.41, 5.74) is 0.943. The summed E-state index contributed by atoms with van der Waals surface area (Å²) in [5, 5.41) is -0.430. The first-order valence-electron chi connectivity index (χ1n) is 6.83. The molecule has 2 bridgehead atoms. The van der Waals surface area contributed by atoms with Crippen LogP contribution in [0.3, 0.4) is 0 Å². The van der Waals surface area contributed by atoms with E-state index in [4.69, 9.17) is 0 Å². The van der Waals surface area contributed by atoms with Crippen molar-refractivity contribution < 1.29 is 13.2 Å². The van der Waals surface area contributed by atoms with Crippen LogP contribution in [0.2, 0.25) is 0 Å². The summed E-state index contributed by atoms with van der Waals surface area (Å²) in [6.07, 6.45) is 1.89. The number of fused-ring (bicyclic) bond motifs is 2. The first-order chi connectivity index (χ1) is 9.79. The van der Waals surface area contributed by atoms with E-state index in [0.29, 0.717) is 17.7 Å². The van der Waals surface area contributed by atoms with Gasteiger partial charge in [-0.1, -0.05) is 0 Å².